The number of carbonyl (C=O) groups excluding carboxylic acids is 1. The maximum absolute atomic E-state index is 13.7. The molecule has 3 heterocycles. The fourth-order valence-electron chi connectivity index (χ4n) is 3.89. The van der Waals surface area contributed by atoms with Crippen LogP contribution in [0.4, 0.5) is 13.2 Å². The Morgan fingerprint density at radius 3 is 2.52 bits per heavy atom. The van der Waals surface area contributed by atoms with Gasteiger partial charge in [-0.2, -0.15) is 18.3 Å². The molecular formula is C21H21F3N4O. The van der Waals surface area contributed by atoms with Gasteiger partial charge >= 0.3 is 6.18 Å². The molecule has 4 rings (SSSR count). The first kappa shape index (κ1) is 19.4. The van der Waals surface area contributed by atoms with Gasteiger partial charge in [0.2, 0.25) is 0 Å². The van der Waals surface area contributed by atoms with Gasteiger partial charge in [-0.15, -0.1) is 0 Å². The summed E-state index contributed by atoms with van der Waals surface area (Å²) in [5.74, 6) is 0.159. The molecule has 1 fully saturated rings. The van der Waals surface area contributed by atoms with Crippen LogP contribution >= 0.6 is 0 Å². The number of alkyl halides is 3. The SMILES string of the molecule is C[C@@H]1CCN(C(=O)c2cc3nc(-c4ccccc4)cc(C(F)(F)F)n3n2)[C@H](C)C1. The van der Waals surface area contributed by atoms with Gasteiger partial charge in [-0.1, -0.05) is 37.3 Å². The molecule has 0 unspecified atom stereocenters. The van der Waals surface area contributed by atoms with Crippen molar-refractivity contribution in [2.24, 2.45) is 5.92 Å². The molecule has 1 amide bonds. The third-order valence-electron chi connectivity index (χ3n) is 5.41. The Morgan fingerprint density at radius 1 is 1.14 bits per heavy atom. The Hall–Kier alpha value is -2.90. The highest BCUT2D eigenvalue weighted by Crippen LogP contribution is 2.32. The summed E-state index contributed by atoms with van der Waals surface area (Å²) in [6.45, 7) is 4.66. The number of fused-ring (bicyclic) bond motifs is 1. The Bertz CT molecular complexity index is 1050. The number of carbonyl (C=O) groups is 1. The minimum absolute atomic E-state index is 0.0000543. The molecule has 0 saturated carbocycles. The van der Waals surface area contributed by atoms with Crippen LogP contribution in [0, 0.1) is 5.92 Å². The van der Waals surface area contributed by atoms with E-state index in [9.17, 15) is 18.0 Å². The van der Waals surface area contributed by atoms with E-state index in [-0.39, 0.29) is 29.0 Å². The Balaban J connectivity index is 1.79. The van der Waals surface area contributed by atoms with Gasteiger partial charge in [-0.05, 0) is 31.7 Å². The smallest absolute Gasteiger partial charge is 0.335 e. The van der Waals surface area contributed by atoms with E-state index < -0.39 is 11.9 Å². The van der Waals surface area contributed by atoms with Crippen molar-refractivity contribution < 1.29 is 18.0 Å². The van der Waals surface area contributed by atoms with E-state index in [2.05, 4.69) is 17.0 Å². The van der Waals surface area contributed by atoms with Gasteiger partial charge in [0, 0.05) is 24.2 Å². The van der Waals surface area contributed by atoms with Crippen LogP contribution in [0.5, 0.6) is 0 Å². The molecule has 0 N–H and O–H groups in total. The summed E-state index contributed by atoms with van der Waals surface area (Å²) in [7, 11) is 0. The highest BCUT2D eigenvalue weighted by atomic mass is 19.4. The van der Waals surface area contributed by atoms with E-state index >= 15 is 0 Å². The highest BCUT2D eigenvalue weighted by Gasteiger charge is 2.36. The standard InChI is InChI=1S/C21H21F3N4O/c1-13-8-9-27(14(2)10-13)20(29)17-12-19-25-16(15-6-4-3-5-7-15)11-18(21(22,23)24)28(19)26-17/h3-7,11-14H,8-10H2,1-2H3/t13-,14-/m1/s1. The van der Waals surface area contributed by atoms with Crippen molar-refractivity contribution >= 4 is 11.6 Å². The van der Waals surface area contributed by atoms with Crippen molar-refractivity contribution in [1.29, 1.82) is 0 Å². The molecule has 152 valence electrons. The first-order chi connectivity index (χ1) is 13.7. The Labute approximate surface area is 166 Å². The van der Waals surface area contributed by atoms with Crippen molar-refractivity contribution in [2.75, 3.05) is 6.54 Å². The fraction of sp³-hybridized carbons (Fsp3) is 0.381. The van der Waals surface area contributed by atoms with Crippen LogP contribution in [0.3, 0.4) is 0 Å². The van der Waals surface area contributed by atoms with Crippen LogP contribution in [-0.2, 0) is 6.18 Å². The Kier molecular flexibility index (Phi) is 4.80. The summed E-state index contributed by atoms with van der Waals surface area (Å²) in [5, 5.41) is 3.99. The molecular weight excluding hydrogens is 381 g/mol. The molecule has 0 bridgehead atoms. The van der Waals surface area contributed by atoms with Crippen LogP contribution in [-0.4, -0.2) is 38.0 Å². The zero-order valence-corrected chi connectivity index (χ0v) is 16.1. The molecule has 0 spiro atoms. The predicted octanol–water partition coefficient (Wildman–Crippen LogP) is 4.68. The van der Waals surface area contributed by atoms with Crippen molar-refractivity contribution in [2.45, 2.75) is 38.9 Å². The van der Waals surface area contributed by atoms with E-state index in [1.165, 1.54) is 6.07 Å². The lowest BCUT2D eigenvalue weighted by Crippen LogP contribution is -2.44. The number of benzene rings is 1. The molecule has 8 heteroatoms. The lowest BCUT2D eigenvalue weighted by molar-refractivity contribution is -0.142. The second kappa shape index (κ2) is 7.17. The summed E-state index contributed by atoms with van der Waals surface area (Å²) in [6, 6.07) is 11.0. The molecule has 0 radical (unpaired) electrons. The monoisotopic (exact) mass is 402 g/mol. The molecule has 1 aromatic carbocycles. The molecule has 1 saturated heterocycles. The molecule has 0 aliphatic carbocycles. The number of likely N-dealkylation sites (tertiary alicyclic amines) is 1. The van der Waals surface area contributed by atoms with Gasteiger partial charge in [0.15, 0.2) is 17.0 Å². The number of halogens is 3. The molecule has 1 aliphatic rings. The molecule has 2 aromatic heterocycles. The Morgan fingerprint density at radius 2 is 1.86 bits per heavy atom. The molecule has 2 atom stereocenters. The van der Waals surface area contributed by atoms with E-state index in [1.54, 1.807) is 35.2 Å². The van der Waals surface area contributed by atoms with Gasteiger partial charge in [0.25, 0.3) is 5.91 Å². The minimum atomic E-state index is -4.63. The van der Waals surface area contributed by atoms with Crippen LogP contribution in [0.2, 0.25) is 0 Å². The topological polar surface area (TPSA) is 50.5 Å². The quantitative estimate of drug-likeness (QED) is 0.626. The average molecular weight is 402 g/mol. The summed E-state index contributed by atoms with van der Waals surface area (Å²) in [5.41, 5.74) is -0.229. The highest BCUT2D eigenvalue weighted by molar-refractivity contribution is 5.93. The van der Waals surface area contributed by atoms with Crippen LogP contribution < -0.4 is 0 Å². The number of piperidine rings is 1. The lowest BCUT2D eigenvalue weighted by atomic mass is 9.93. The molecule has 3 aromatic rings. The number of nitrogens with zero attached hydrogens (tertiary/aromatic N) is 4. The third kappa shape index (κ3) is 3.71. The normalized spacial score (nSPS) is 20.2. The van der Waals surface area contributed by atoms with Gasteiger partial charge in [-0.25, -0.2) is 9.50 Å². The number of amides is 1. The van der Waals surface area contributed by atoms with Crippen LogP contribution in [0.1, 0.15) is 42.9 Å². The molecule has 5 nitrogen and oxygen atoms in total. The summed E-state index contributed by atoms with van der Waals surface area (Å²) in [4.78, 5) is 19.0. The number of rotatable bonds is 2. The molecule has 1 aliphatic heterocycles. The largest absolute Gasteiger partial charge is 0.433 e. The maximum Gasteiger partial charge on any atom is 0.433 e. The van der Waals surface area contributed by atoms with Gasteiger partial charge in [0.05, 0.1) is 5.69 Å². The zero-order valence-electron chi connectivity index (χ0n) is 16.1. The number of hydrogen-bond donors (Lipinski definition) is 0. The first-order valence-corrected chi connectivity index (χ1v) is 9.58. The lowest BCUT2D eigenvalue weighted by Gasteiger charge is -2.36. The van der Waals surface area contributed by atoms with Gasteiger partial charge in [0.1, 0.15) is 0 Å². The van der Waals surface area contributed by atoms with E-state index in [1.807, 2.05) is 6.92 Å². The second-order valence-corrected chi connectivity index (χ2v) is 7.67. The summed E-state index contributed by atoms with van der Waals surface area (Å²) < 4.78 is 41.8. The summed E-state index contributed by atoms with van der Waals surface area (Å²) in [6.07, 6.45) is -2.90. The molecule has 29 heavy (non-hydrogen) atoms. The minimum Gasteiger partial charge on any atom is -0.335 e. The van der Waals surface area contributed by atoms with E-state index in [0.29, 0.717) is 18.0 Å². The van der Waals surface area contributed by atoms with Crippen LogP contribution in [0.15, 0.2) is 42.5 Å². The second-order valence-electron chi connectivity index (χ2n) is 7.67. The summed E-state index contributed by atoms with van der Waals surface area (Å²) >= 11 is 0. The predicted molar refractivity (Wildman–Crippen MR) is 102 cm³/mol. The number of hydrogen-bond acceptors (Lipinski definition) is 3. The zero-order chi connectivity index (χ0) is 20.8. The van der Waals surface area contributed by atoms with Gasteiger partial charge < -0.3 is 4.90 Å². The third-order valence-corrected chi connectivity index (χ3v) is 5.41. The average Bonchev–Trinajstić information content (AvgIpc) is 3.10. The van der Waals surface area contributed by atoms with E-state index in [0.717, 1.165) is 23.4 Å². The van der Waals surface area contributed by atoms with Crippen molar-refractivity contribution in [3.8, 4) is 11.3 Å². The van der Waals surface area contributed by atoms with Crippen molar-refractivity contribution in [3.63, 3.8) is 0 Å². The fourth-order valence-corrected chi connectivity index (χ4v) is 3.89. The van der Waals surface area contributed by atoms with E-state index in [4.69, 9.17) is 0 Å². The van der Waals surface area contributed by atoms with Crippen LogP contribution in [0.25, 0.3) is 16.9 Å². The van der Waals surface area contributed by atoms with Crippen molar-refractivity contribution in [3.05, 3.63) is 53.9 Å². The van der Waals surface area contributed by atoms with Crippen molar-refractivity contribution in [1.82, 2.24) is 19.5 Å². The number of aromatic nitrogens is 3. The first-order valence-electron chi connectivity index (χ1n) is 9.58. The maximum atomic E-state index is 13.7. The van der Waals surface area contributed by atoms with Gasteiger partial charge in [-0.3, -0.25) is 4.79 Å².